The second kappa shape index (κ2) is 5.09. The minimum Gasteiger partial charge on any atom is -0.497 e. The molecule has 0 unspecified atom stereocenters. The Kier molecular flexibility index (Phi) is 3.23. The van der Waals surface area contributed by atoms with Gasteiger partial charge in [0.15, 0.2) is 0 Å². The number of rotatable bonds is 2. The molecule has 0 N–H and O–H groups in total. The fourth-order valence-corrected chi connectivity index (χ4v) is 6.09. The van der Waals surface area contributed by atoms with Gasteiger partial charge in [0.1, 0.15) is 10.9 Å². The highest BCUT2D eigenvalue weighted by atomic mass is 35.5. The fraction of sp³-hybridized carbons (Fsp3) is 0.550. The molecule has 5 heterocycles. The number of pyridine rings is 1. The maximum Gasteiger partial charge on any atom is 0.135 e. The Bertz CT molecular complexity index is 831. The van der Waals surface area contributed by atoms with Crippen LogP contribution in [0.25, 0.3) is 10.9 Å². The molecule has 0 amide bonds. The van der Waals surface area contributed by atoms with Gasteiger partial charge in [-0.3, -0.25) is 9.80 Å². The summed E-state index contributed by atoms with van der Waals surface area (Å²) in [6, 6.07) is 8.23. The van der Waals surface area contributed by atoms with Crippen molar-refractivity contribution in [3.63, 3.8) is 0 Å². The number of hydrogen-bond donors (Lipinski definition) is 0. The molecule has 0 atom stereocenters. The van der Waals surface area contributed by atoms with Gasteiger partial charge < -0.3 is 4.74 Å². The van der Waals surface area contributed by atoms with E-state index in [1.807, 2.05) is 12.1 Å². The van der Waals surface area contributed by atoms with Crippen LogP contribution in [0, 0.1) is 10.8 Å². The van der Waals surface area contributed by atoms with Crippen LogP contribution in [0.4, 0.5) is 0 Å². The monoisotopic (exact) mass is 357 g/mol. The fourth-order valence-electron chi connectivity index (χ4n) is 5.84. The maximum atomic E-state index is 6.66. The van der Waals surface area contributed by atoms with Crippen molar-refractivity contribution < 1.29 is 4.74 Å². The van der Waals surface area contributed by atoms with Gasteiger partial charge in [-0.2, -0.15) is 0 Å². The van der Waals surface area contributed by atoms with Crippen LogP contribution in [0.15, 0.2) is 24.3 Å². The molecule has 5 heteroatoms. The van der Waals surface area contributed by atoms with E-state index in [1.54, 1.807) is 7.11 Å². The Labute approximate surface area is 153 Å². The quantitative estimate of drug-likeness (QED) is 0.761. The molecule has 4 bridgehead atoms. The van der Waals surface area contributed by atoms with E-state index in [0.29, 0.717) is 16.0 Å². The standard InChI is InChI=1S/C20H24ClN3O/c1-19-8-20(2)11-23(9-19)18(24(10-19)12-20)15-6-13-4-5-14(25-3)7-16(13)22-17(15)21/h4-7,18H,8-12H2,1-3H3. The molecule has 2 aromatic rings. The molecular formula is C20H24ClN3O. The van der Waals surface area contributed by atoms with E-state index in [4.69, 9.17) is 16.3 Å². The zero-order chi connectivity index (χ0) is 17.4. The van der Waals surface area contributed by atoms with E-state index >= 15 is 0 Å². The topological polar surface area (TPSA) is 28.6 Å². The number of benzene rings is 1. The maximum absolute atomic E-state index is 6.66. The highest BCUT2D eigenvalue weighted by molar-refractivity contribution is 6.30. The number of piperidine rings is 2. The van der Waals surface area contributed by atoms with Crippen LogP contribution in [-0.4, -0.2) is 48.1 Å². The molecule has 0 radical (unpaired) electrons. The highest BCUT2D eigenvalue weighted by Gasteiger charge is 2.56. The first-order valence-electron chi connectivity index (χ1n) is 9.01. The minimum atomic E-state index is 0.257. The summed E-state index contributed by atoms with van der Waals surface area (Å²) in [6.07, 6.45) is 1.59. The first-order valence-corrected chi connectivity index (χ1v) is 9.38. The summed E-state index contributed by atoms with van der Waals surface area (Å²) in [4.78, 5) is 9.92. The van der Waals surface area contributed by atoms with Gasteiger partial charge in [-0.05, 0) is 35.4 Å². The van der Waals surface area contributed by atoms with Crippen molar-refractivity contribution in [3.05, 3.63) is 35.0 Å². The third-order valence-corrected chi connectivity index (χ3v) is 6.47. The predicted octanol–water partition coefficient (Wildman–Crippen LogP) is 3.94. The van der Waals surface area contributed by atoms with E-state index in [-0.39, 0.29) is 6.17 Å². The summed E-state index contributed by atoms with van der Waals surface area (Å²) in [5, 5.41) is 1.74. The number of hydrogen-bond acceptors (Lipinski definition) is 4. The lowest BCUT2D eigenvalue weighted by molar-refractivity contribution is -0.194. The molecule has 25 heavy (non-hydrogen) atoms. The number of nitrogens with zero attached hydrogens (tertiary/aromatic N) is 3. The molecule has 4 aliphatic heterocycles. The van der Waals surface area contributed by atoms with Gasteiger partial charge in [-0.1, -0.05) is 25.4 Å². The lowest BCUT2D eigenvalue weighted by Gasteiger charge is -2.66. The summed E-state index contributed by atoms with van der Waals surface area (Å²) >= 11 is 6.66. The molecule has 1 aromatic carbocycles. The molecule has 4 saturated heterocycles. The van der Waals surface area contributed by atoms with Crippen molar-refractivity contribution in [1.29, 1.82) is 0 Å². The summed E-state index contributed by atoms with van der Waals surface area (Å²) in [5.74, 6) is 0.812. The zero-order valence-electron chi connectivity index (χ0n) is 15.1. The lowest BCUT2D eigenvalue weighted by atomic mass is 9.63. The smallest absolute Gasteiger partial charge is 0.135 e. The molecule has 4 aliphatic rings. The molecule has 0 spiro atoms. The Balaban J connectivity index is 1.59. The average Bonchev–Trinajstić information content (AvgIpc) is 2.51. The summed E-state index contributed by atoms with van der Waals surface area (Å²) in [7, 11) is 1.67. The largest absolute Gasteiger partial charge is 0.497 e. The Morgan fingerprint density at radius 3 is 2.32 bits per heavy atom. The van der Waals surface area contributed by atoms with Crippen LogP contribution < -0.4 is 4.74 Å². The Morgan fingerprint density at radius 2 is 1.72 bits per heavy atom. The van der Waals surface area contributed by atoms with Crippen molar-refractivity contribution in [2.75, 3.05) is 33.3 Å². The van der Waals surface area contributed by atoms with Crippen LogP contribution in [-0.2, 0) is 0 Å². The highest BCUT2D eigenvalue weighted by Crippen LogP contribution is 2.54. The SMILES string of the molecule is COc1ccc2cc(C3N4CC5(C)CN3CC(C)(C4)C5)c(Cl)nc2c1. The van der Waals surface area contributed by atoms with E-state index in [2.05, 4.69) is 40.8 Å². The van der Waals surface area contributed by atoms with Gasteiger partial charge in [-0.15, -0.1) is 0 Å². The molecule has 4 nitrogen and oxygen atoms in total. The first-order chi connectivity index (χ1) is 11.9. The number of methoxy groups -OCH3 is 1. The Morgan fingerprint density at radius 1 is 1.08 bits per heavy atom. The molecule has 4 fully saturated rings. The number of aromatic nitrogens is 1. The molecular weight excluding hydrogens is 334 g/mol. The van der Waals surface area contributed by atoms with Crippen LogP contribution in [0.1, 0.15) is 32.0 Å². The van der Waals surface area contributed by atoms with Gasteiger partial charge in [0, 0.05) is 43.2 Å². The average molecular weight is 358 g/mol. The predicted molar refractivity (Wildman–Crippen MR) is 100 cm³/mol. The van der Waals surface area contributed by atoms with Crippen molar-refractivity contribution in [2.24, 2.45) is 10.8 Å². The summed E-state index contributed by atoms with van der Waals surface area (Å²) in [5.41, 5.74) is 2.85. The normalized spacial score (nSPS) is 39.1. The van der Waals surface area contributed by atoms with Gasteiger partial charge in [-0.25, -0.2) is 4.98 Å². The van der Waals surface area contributed by atoms with Crippen molar-refractivity contribution in [3.8, 4) is 5.75 Å². The summed E-state index contributed by atoms with van der Waals surface area (Å²) in [6.45, 7) is 9.49. The van der Waals surface area contributed by atoms with Crippen LogP contribution >= 0.6 is 11.6 Å². The van der Waals surface area contributed by atoms with Gasteiger partial charge >= 0.3 is 0 Å². The van der Waals surface area contributed by atoms with Gasteiger partial charge in [0.2, 0.25) is 0 Å². The number of fused-ring (bicyclic) bond motifs is 1. The van der Waals surface area contributed by atoms with E-state index in [1.165, 1.54) is 6.42 Å². The first kappa shape index (κ1) is 15.9. The molecule has 0 aliphatic carbocycles. The second-order valence-electron chi connectivity index (χ2n) is 8.91. The second-order valence-corrected chi connectivity index (χ2v) is 9.27. The van der Waals surface area contributed by atoms with E-state index < -0.39 is 0 Å². The number of ether oxygens (including phenoxy) is 1. The molecule has 1 aromatic heterocycles. The van der Waals surface area contributed by atoms with Crippen molar-refractivity contribution >= 4 is 22.5 Å². The van der Waals surface area contributed by atoms with Crippen LogP contribution in [0.5, 0.6) is 5.75 Å². The number of halogens is 1. The third kappa shape index (κ3) is 2.38. The van der Waals surface area contributed by atoms with Gasteiger partial charge in [0.25, 0.3) is 0 Å². The molecule has 6 rings (SSSR count). The van der Waals surface area contributed by atoms with Crippen LogP contribution in [0.3, 0.4) is 0 Å². The lowest BCUT2D eigenvalue weighted by Crippen LogP contribution is -2.70. The van der Waals surface area contributed by atoms with E-state index in [9.17, 15) is 0 Å². The molecule has 0 saturated carbocycles. The zero-order valence-corrected chi connectivity index (χ0v) is 15.8. The summed E-state index contributed by atoms with van der Waals surface area (Å²) < 4.78 is 5.31. The molecule has 132 valence electrons. The van der Waals surface area contributed by atoms with Crippen molar-refractivity contribution in [1.82, 2.24) is 14.8 Å². The van der Waals surface area contributed by atoms with E-state index in [0.717, 1.165) is 48.4 Å². The third-order valence-electron chi connectivity index (χ3n) is 6.17. The van der Waals surface area contributed by atoms with Crippen molar-refractivity contribution in [2.45, 2.75) is 26.4 Å². The van der Waals surface area contributed by atoms with Gasteiger partial charge in [0.05, 0.1) is 18.8 Å². The Hall–Kier alpha value is -1.36. The minimum absolute atomic E-state index is 0.257. The van der Waals surface area contributed by atoms with Crippen LogP contribution in [0.2, 0.25) is 5.15 Å².